The summed E-state index contributed by atoms with van der Waals surface area (Å²) in [6.45, 7) is 12.1. The van der Waals surface area contributed by atoms with Crippen LogP contribution in [0.5, 0.6) is 5.75 Å². The van der Waals surface area contributed by atoms with Crippen molar-refractivity contribution in [3.05, 3.63) is 45.4 Å². The highest BCUT2D eigenvalue weighted by Crippen LogP contribution is 2.21. The quantitative estimate of drug-likeness (QED) is 0.196. The summed E-state index contributed by atoms with van der Waals surface area (Å²) in [7, 11) is 0. The van der Waals surface area contributed by atoms with Crippen molar-refractivity contribution in [1.82, 2.24) is 15.6 Å². The van der Waals surface area contributed by atoms with Crippen molar-refractivity contribution in [2.24, 2.45) is 4.99 Å². The zero-order chi connectivity index (χ0) is 20.2. The molecule has 0 amide bonds. The van der Waals surface area contributed by atoms with E-state index in [1.54, 1.807) is 11.3 Å². The van der Waals surface area contributed by atoms with Crippen LogP contribution in [-0.4, -0.2) is 37.3 Å². The van der Waals surface area contributed by atoms with Gasteiger partial charge >= 0.3 is 0 Å². The van der Waals surface area contributed by atoms with Gasteiger partial charge in [0, 0.05) is 29.8 Å². The van der Waals surface area contributed by atoms with E-state index < -0.39 is 0 Å². The highest BCUT2D eigenvalue weighted by molar-refractivity contribution is 14.0. The number of aryl methyl sites for hydroxylation is 2. The first-order valence-electron chi connectivity index (χ1n) is 9.92. The number of benzene rings is 1. The Bertz CT molecular complexity index is 752. The Labute approximate surface area is 195 Å². The van der Waals surface area contributed by atoms with Gasteiger partial charge in [0.05, 0.1) is 19.7 Å². The van der Waals surface area contributed by atoms with E-state index in [1.165, 1.54) is 10.4 Å². The molecule has 0 unspecified atom stereocenters. The molecule has 0 aliphatic heterocycles. The van der Waals surface area contributed by atoms with E-state index in [-0.39, 0.29) is 24.0 Å². The molecule has 0 fully saturated rings. The summed E-state index contributed by atoms with van der Waals surface area (Å²) >= 11 is 1.74. The molecule has 0 bridgehead atoms. The number of rotatable bonds is 11. The van der Waals surface area contributed by atoms with E-state index in [2.05, 4.69) is 54.6 Å². The molecular weight excluding hydrogens is 499 g/mol. The Morgan fingerprint density at radius 1 is 1.17 bits per heavy atom. The third-order valence-electron chi connectivity index (χ3n) is 4.02. The van der Waals surface area contributed by atoms with Gasteiger partial charge < -0.3 is 20.1 Å². The van der Waals surface area contributed by atoms with Crippen molar-refractivity contribution in [2.45, 2.75) is 47.2 Å². The zero-order valence-corrected chi connectivity index (χ0v) is 20.9. The largest absolute Gasteiger partial charge is 0.491 e. The molecule has 0 atom stereocenters. The lowest BCUT2D eigenvalue weighted by Crippen LogP contribution is -2.36. The molecule has 2 aromatic rings. The van der Waals surface area contributed by atoms with Crippen molar-refractivity contribution >= 4 is 41.3 Å². The number of halogens is 1. The van der Waals surface area contributed by atoms with Gasteiger partial charge in [0.25, 0.3) is 0 Å². The monoisotopic (exact) mass is 532 g/mol. The zero-order valence-electron chi connectivity index (χ0n) is 17.8. The van der Waals surface area contributed by atoms with Gasteiger partial charge in [0.1, 0.15) is 17.4 Å². The normalized spacial score (nSPS) is 11.1. The Morgan fingerprint density at radius 3 is 2.69 bits per heavy atom. The highest BCUT2D eigenvalue weighted by Gasteiger charge is 2.06. The standard InChI is InChI=1S/C21H32N4O2S.HI/c1-5-18-14-23-20(28-18)15-25-21(22-6-2)24-13-17-9-8-16(4)12-19(17)27-11-10-26-7-3;/h8-9,12,14H,5-7,10-11,13,15H2,1-4H3,(H2,22,24,25);1H. The molecule has 1 aromatic carbocycles. The maximum absolute atomic E-state index is 5.91. The Kier molecular flexibility index (Phi) is 12.9. The van der Waals surface area contributed by atoms with E-state index in [1.807, 2.05) is 13.1 Å². The first kappa shape index (κ1) is 25.6. The molecule has 1 aromatic heterocycles. The Morgan fingerprint density at radius 2 is 2.00 bits per heavy atom. The lowest BCUT2D eigenvalue weighted by atomic mass is 10.1. The summed E-state index contributed by atoms with van der Waals surface area (Å²) in [5.41, 5.74) is 2.22. The van der Waals surface area contributed by atoms with Gasteiger partial charge in [-0.1, -0.05) is 19.1 Å². The third-order valence-corrected chi connectivity index (χ3v) is 5.16. The molecule has 162 valence electrons. The Balaban J connectivity index is 0.00000420. The van der Waals surface area contributed by atoms with E-state index in [0.29, 0.717) is 32.9 Å². The predicted octanol–water partition coefficient (Wildman–Crippen LogP) is 4.30. The van der Waals surface area contributed by atoms with Gasteiger partial charge in [0.2, 0.25) is 0 Å². The van der Waals surface area contributed by atoms with Crippen LogP contribution >= 0.6 is 35.3 Å². The number of hydrogen-bond donors (Lipinski definition) is 2. The minimum absolute atomic E-state index is 0. The molecular formula is C21H33IN4O2S. The van der Waals surface area contributed by atoms with Gasteiger partial charge in [-0.05, 0) is 38.8 Å². The minimum atomic E-state index is 0. The van der Waals surface area contributed by atoms with Crippen LogP contribution in [0.2, 0.25) is 0 Å². The van der Waals surface area contributed by atoms with E-state index in [0.717, 1.165) is 35.2 Å². The Hall–Kier alpha value is -1.39. The van der Waals surface area contributed by atoms with Crippen LogP contribution in [0.4, 0.5) is 0 Å². The fourth-order valence-corrected chi connectivity index (χ4v) is 3.34. The van der Waals surface area contributed by atoms with Crippen molar-refractivity contribution in [1.29, 1.82) is 0 Å². The number of guanidine groups is 1. The smallest absolute Gasteiger partial charge is 0.191 e. The highest BCUT2D eigenvalue weighted by atomic mass is 127. The lowest BCUT2D eigenvalue weighted by molar-refractivity contribution is 0.110. The van der Waals surface area contributed by atoms with Gasteiger partial charge in [-0.15, -0.1) is 35.3 Å². The molecule has 6 nitrogen and oxygen atoms in total. The number of aliphatic imine (C=N–C) groups is 1. The molecule has 29 heavy (non-hydrogen) atoms. The maximum atomic E-state index is 5.91. The number of thiazole rings is 1. The molecule has 0 aliphatic rings. The van der Waals surface area contributed by atoms with Gasteiger partial charge in [-0.3, -0.25) is 0 Å². The first-order valence-corrected chi connectivity index (χ1v) is 10.7. The van der Waals surface area contributed by atoms with Gasteiger partial charge in [-0.2, -0.15) is 0 Å². The van der Waals surface area contributed by atoms with Crippen LogP contribution in [-0.2, 0) is 24.2 Å². The number of ether oxygens (including phenoxy) is 2. The number of nitrogens with zero attached hydrogens (tertiary/aromatic N) is 2. The minimum Gasteiger partial charge on any atom is -0.491 e. The van der Waals surface area contributed by atoms with Crippen LogP contribution in [0.15, 0.2) is 29.4 Å². The maximum Gasteiger partial charge on any atom is 0.191 e. The van der Waals surface area contributed by atoms with Crippen LogP contribution in [0.3, 0.4) is 0 Å². The summed E-state index contributed by atoms with van der Waals surface area (Å²) in [4.78, 5) is 10.5. The fourth-order valence-electron chi connectivity index (χ4n) is 2.54. The van der Waals surface area contributed by atoms with Gasteiger partial charge in [0.15, 0.2) is 5.96 Å². The van der Waals surface area contributed by atoms with Crippen LogP contribution in [0.1, 0.15) is 41.8 Å². The molecule has 1 heterocycles. The predicted molar refractivity (Wildman–Crippen MR) is 132 cm³/mol. The molecule has 0 radical (unpaired) electrons. The van der Waals surface area contributed by atoms with Crippen molar-refractivity contribution in [2.75, 3.05) is 26.4 Å². The van der Waals surface area contributed by atoms with E-state index in [9.17, 15) is 0 Å². The summed E-state index contributed by atoms with van der Waals surface area (Å²) in [5.74, 6) is 1.64. The van der Waals surface area contributed by atoms with E-state index >= 15 is 0 Å². The average molecular weight is 532 g/mol. The van der Waals surface area contributed by atoms with Gasteiger partial charge in [-0.25, -0.2) is 9.98 Å². The second-order valence-electron chi connectivity index (χ2n) is 6.28. The summed E-state index contributed by atoms with van der Waals surface area (Å²) in [6.07, 6.45) is 2.97. The molecule has 2 rings (SSSR count). The number of aromatic nitrogens is 1. The van der Waals surface area contributed by atoms with Crippen molar-refractivity contribution in [3.63, 3.8) is 0 Å². The molecule has 0 spiro atoms. The SMILES string of the molecule is CCNC(=NCc1ccc(C)cc1OCCOCC)NCc1ncc(CC)s1.I. The summed E-state index contributed by atoms with van der Waals surface area (Å²) < 4.78 is 11.3. The topological polar surface area (TPSA) is 67.8 Å². The second-order valence-corrected chi connectivity index (χ2v) is 7.48. The number of hydrogen-bond acceptors (Lipinski definition) is 5. The average Bonchev–Trinajstić information content (AvgIpc) is 3.16. The summed E-state index contributed by atoms with van der Waals surface area (Å²) in [5, 5.41) is 7.72. The van der Waals surface area contributed by atoms with Crippen LogP contribution in [0.25, 0.3) is 0 Å². The van der Waals surface area contributed by atoms with Crippen molar-refractivity contribution in [3.8, 4) is 5.75 Å². The van der Waals surface area contributed by atoms with Crippen LogP contribution < -0.4 is 15.4 Å². The second kappa shape index (κ2) is 14.6. The molecule has 0 saturated heterocycles. The molecule has 0 aliphatic carbocycles. The number of nitrogens with one attached hydrogen (secondary N) is 2. The summed E-state index contributed by atoms with van der Waals surface area (Å²) in [6, 6.07) is 6.22. The molecule has 8 heteroatoms. The molecule has 2 N–H and O–H groups in total. The third kappa shape index (κ3) is 9.31. The van der Waals surface area contributed by atoms with Crippen molar-refractivity contribution < 1.29 is 9.47 Å². The van der Waals surface area contributed by atoms with Crippen LogP contribution in [0, 0.1) is 6.92 Å². The fraction of sp³-hybridized carbons (Fsp3) is 0.524. The first-order chi connectivity index (χ1) is 13.7. The molecule has 0 saturated carbocycles. The lowest BCUT2D eigenvalue weighted by Gasteiger charge is -2.13. The van der Waals surface area contributed by atoms with E-state index in [4.69, 9.17) is 14.5 Å².